The van der Waals surface area contributed by atoms with Crippen LogP contribution in [0.3, 0.4) is 0 Å². The van der Waals surface area contributed by atoms with Crippen molar-refractivity contribution in [3.05, 3.63) is 0 Å². The summed E-state index contributed by atoms with van der Waals surface area (Å²) in [6.45, 7) is 5.29. The summed E-state index contributed by atoms with van der Waals surface area (Å²) in [6, 6.07) is 0. The Labute approximate surface area is 75.3 Å². The molecule has 0 aromatic rings. The highest BCUT2D eigenvalue weighted by Crippen LogP contribution is 2.18. The summed E-state index contributed by atoms with van der Waals surface area (Å²) < 4.78 is 0. The Morgan fingerprint density at radius 1 is 1.58 bits per heavy atom. The van der Waals surface area contributed by atoms with E-state index in [1.165, 1.54) is 12.8 Å². The second kappa shape index (κ2) is 4.80. The molecular weight excluding hydrogens is 150 g/mol. The molecule has 0 aromatic heterocycles. The van der Waals surface area contributed by atoms with Crippen molar-refractivity contribution in [1.82, 2.24) is 10.2 Å². The van der Waals surface area contributed by atoms with E-state index in [9.17, 15) is 0 Å². The molecule has 2 unspecified atom stereocenters. The fourth-order valence-corrected chi connectivity index (χ4v) is 1.83. The Morgan fingerprint density at radius 2 is 2.33 bits per heavy atom. The zero-order valence-corrected chi connectivity index (χ0v) is 8.21. The van der Waals surface area contributed by atoms with Crippen LogP contribution in [0.25, 0.3) is 0 Å². The number of hydrogen-bond acceptors (Lipinski definition) is 3. The van der Waals surface area contributed by atoms with E-state index >= 15 is 0 Å². The quantitative estimate of drug-likeness (QED) is 0.636. The van der Waals surface area contributed by atoms with Gasteiger partial charge in [0.15, 0.2) is 0 Å². The largest absolute Gasteiger partial charge is 0.330 e. The van der Waals surface area contributed by atoms with Gasteiger partial charge in [0.05, 0.1) is 6.17 Å². The maximum atomic E-state index is 5.63. The van der Waals surface area contributed by atoms with Crippen LogP contribution in [0.15, 0.2) is 0 Å². The minimum Gasteiger partial charge on any atom is -0.330 e. The Balaban J connectivity index is 2.25. The van der Waals surface area contributed by atoms with Gasteiger partial charge in [-0.1, -0.05) is 6.92 Å². The number of likely N-dealkylation sites (tertiary alicyclic amines) is 1. The maximum absolute atomic E-state index is 5.63. The molecule has 0 aliphatic carbocycles. The van der Waals surface area contributed by atoms with Crippen molar-refractivity contribution in [2.75, 3.05) is 26.7 Å². The molecule has 2 atom stereocenters. The molecule has 1 heterocycles. The molecule has 0 spiro atoms. The zero-order chi connectivity index (χ0) is 8.97. The van der Waals surface area contributed by atoms with Gasteiger partial charge in [-0.25, -0.2) is 0 Å². The van der Waals surface area contributed by atoms with Crippen LogP contribution in [0, 0.1) is 5.92 Å². The molecule has 1 aliphatic rings. The van der Waals surface area contributed by atoms with Crippen molar-refractivity contribution in [2.24, 2.45) is 11.7 Å². The van der Waals surface area contributed by atoms with Gasteiger partial charge in [-0.05, 0) is 38.9 Å². The lowest BCUT2D eigenvalue weighted by molar-refractivity contribution is 0.264. The molecule has 72 valence electrons. The van der Waals surface area contributed by atoms with Gasteiger partial charge < -0.3 is 11.1 Å². The Hall–Kier alpha value is -0.120. The monoisotopic (exact) mass is 171 g/mol. The van der Waals surface area contributed by atoms with Gasteiger partial charge in [0.25, 0.3) is 0 Å². The zero-order valence-electron chi connectivity index (χ0n) is 8.21. The maximum Gasteiger partial charge on any atom is 0.0598 e. The van der Waals surface area contributed by atoms with Crippen molar-refractivity contribution in [1.29, 1.82) is 0 Å². The number of rotatable bonds is 4. The summed E-state index contributed by atoms with van der Waals surface area (Å²) in [5.74, 6) is 0.698. The van der Waals surface area contributed by atoms with Gasteiger partial charge in [-0.3, -0.25) is 4.90 Å². The van der Waals surface area contributed by atoms with E-state index in [0.29, 0.717) is 12.1 Å². The molecule has 0 amide bonds. The summed E-state index contributed by atoms with van der Waals surface area (Å²) in [5.41, 5.74) is 5.63. The van der Waals surface area contributed by atoms with Crippen LogP contribution >= 0.6 is 0 Å². The average molecular weight is 171 g/mol. The SMILES string of the molecule is CCCNC1CC(CN)CN1C. The molecule has 3 heteroatoms. The molecule has 12 heavy (non-hydrogen) atoms. The minimum atomic E-state index is 0.568. The highest BCUT2D eigenvalue weighted by atomic mass is 15.3. The van der Waals surface area contributed by atoms with Crippen LogP contribution in [0.5, 0.6) is 0 Å². The van der Waals surface area contributed by atoms with Gasteiger partial charge in [0.1, 0.15) is 0 Å². The predicted molar refractivity (Wildman–Crippen MR) is 51.9 cm³/mol. The van der Waals surface area contributed by atoms with Crippen molar-refractivity contribution >= 4 is 0 Å². The van der Waals surface area contributed by atoms with Crippen LogP contribution < -0.4 is 11.1 Å². The number of nitrogens with one attached hydrogen (secondary N) is 1. The van der Waals surface area contributed by atoms with E-state index in [-0.39, 0.29) is 0 Å². The Morgan fingerprint density at radius 3 is 2.83 bits per heavy atom. The van der Waals surface area contributed by atoms with Crippen LogP contribution in [0.1, 0.15) is 19.8 Å². The lowest BCUT2D eigenvalue weighted by Crippen LogP contribution is -2.38. The number of hydrogen-bond donors (Lipinski definition) is 2. The molecule has 0 aromatic carbocycles. The first-order valence-electron chi connectivity index (χ1n) is 4.91. The molecule has 0 bridgehead atoms. The smallest absolute Gasteiger partial charge is 0.0598 e. The first-order valence-corrected chi connectivity index (χ1v) is 4.91. The van der Waals surface area contributed by atoms with Crippen molar-refractivity contribution < 1.29 is 0 Å². The predicted octanol–water partition coefficient (Wildman–Crippen LogP) is 0.223. The normalized spacial score (nSPS) is 31.2. The van der Waals surface area contributed by atoms with E-state index < -0.39 is 0 Å². The summed E-state index contributed by atoms with van der Waals surface area (Å²) >= 11 is 0. The second-order valence-electron chi connectivity index (χ2n) is 3.75. The molecule has 0 radical (unpaired) electrons. The van der Waals surface area contributed by atoms with Crippen LogP contribution in [-0.4, -0.2) is 37.7 Å². The topological polar surface area (TPSA) is 41.3 Å². The summed E-state index contributed by atoms with van der Waals surface area (Å²) in [6.07, 6.45) is 2.99. The first-order chi connectivity index (χ1) is 5.77. The third-order valence-electron chi connectivity index (χ3n) is 2.60. The van der Waals surface area contributed by atoms with Gasteiger partial charge in [0.2, 0.25) is 0 Å². The molecule has 1 aliphatic heterocycles. The Bertz CT molecular complexity index is 127. The summed E-state index contributed by atoms with van der Waals surface area (Å²) in [7, 11) is 2.17. The van der Waals surface area contributed by atoms with Crippen molar-refractivity contribution in [2.45, 2.75) is 25.9 Å². The highest BCUT2D eigenvalue weighted by Gasteiger charge is 2.27. The highest BCUT2D eigenvalue weighted by molar-refractivity contribution is 4.81. The summed E-state index contributed by atoms with van der Waals surface area (Å²) in [5, 5.41) is 3.52. The van der Waals surface area contributed by atoms with Gasteiger partial charge in [-0.2, -0.15) is 0 Å². The third-order valence-corrected chi connectivity index (χ3v) is 2.60. The minimum absolute atomic E-state index is 0.568. The lowest BCUT2D eigenvalue weighted by atomic mass is 10.1. The van der Waals surface area contributed by atoms with Gasteiger partial charge >= 0.3 is 0 Å². The average Bonchev–Trinajstić information content (AvgIpc) is 2.43. The van der Waals surface area contributed by atoms with Crippen molar-refractivity contribution in [3.8, 4) is 0 Å². The summed E-state index contributed by atoms with van der Waals surface area (Å²) in [4.78, 5) is 2.37. The van der Waals surface area contributed by atoms with E-state index in [1.54, 1.807) is 0 Å². The Kier molecular flexibility index (Phi) is 3.98. The fourth-order valence-electron chi connectivity index (χ4n) is 1.83. The number of nitrogens with zero attached hydrogens (tertiary/aromatic N) is 1. The van der Waals surface area contributed by atoms with Gasteiger partial charge in [0, 0.05) is 6.54 Å². The van der Waals surface area contributed by atoms with E-state index in [2.05, 4.69) is 24.2 Å². The van der Waals surface area contributed by atoms with Crippen LogP contribution in [-0.2, 0) is 0 Å². The first kappa shape index (κ1) is 9.96. The van der Waals surface area contributed by atoms with Gasteiger partial charge in [-0.15, -0.1) is 0 Å². The molecule has 1 rings (SSSR count). The fraction of sp³-hybridized carbons (Fsp3) is 1.00. The lowest BCUT2D eigenvalue weighted by Gasteiger charge is -2.19. The van der Waals surface area contributed by atoms with Crippen molar-refractivity contribution in [3.63, 3.8) is 0 Å². The molecule has 1 saturated heterocycles. The molecule has 0 saturated carbocycles. The molecular formula is C9H21N3. The van der Waals surface area contributed by atoms with E-state index in [4.69, 9.17) is 5.73 Å². The second-order valence-corrected chi connectivity index (χ2v) is 3.75. The standard InChI is InChI=1S/C9H21N3/c1-3-4-11-9-5-8(6-10)7-12(9)2/h8-9,11H,3-7,10H2,1-2H3. The van der Waals surface area contributed by atoms with E-state index in [0.717, 1.165) is 19.6 Å². The molecule has 3 N–H and O–H groups in total. The van der Waals surface area contributed by atoms with E-state index in [1.807, 2.05) is 0 Å². The number of nitrogens with two attached hydrogens (primary N) is 1. The van der Waals surface area contributed by atoms with Crippen LogP contribution in [0.4, 0.5) is 0 Å². The third kappa shape index (κ3) is 2.44. The van der Waals surface area contributed by atoms with Crippen LogP contribution in [0.2, 0.25) is 0 Å². The molecule has 1 fully saturated rings. The molecule has 3 nitrogen and oxygen atoms in total.